The summed E-state index contributed by atoms with van der Waals surface area (Å²) in [4.78, 5) is 28.1. The van der Waals surface area contributed by atoms with Gasteiger partial charge in [0.2, 0.25) is 0 Å². The lowest BCUT2D eigenvalue weighted by Gasteiger charge is -2.25. The van der Waals surface area contributed by atoms with E-state index in [-0.39, 0.29) is 56.9 Å². The van der Waals surface area contributed by atoms with Crippen LogP contribution < -0.4 is 5.73 Å². The van der Waals surface area contributed by atoms with E-state index in [0.717, 1.165) is 23.3 Å². The molecule has 0 aliphatic carbocycles. The van der Waals surface area contributed by atoms with Crippen LogP contribution >= 0.6 is 0 Å². The molecule has 6 aromatic carbocycles. The zero-order valence-corrected chi connectivity index (χ0v) is 26.0. The van der Waals surface area contributed by atoms with Gasteiger partial charge < -0.3 is 41.3 Å². The molecule has 0 aliphatic rings. The number of carbonyl (C=O) groups excluding carboxylic acids is 2. The number of primary amides is 1. The number of carbonyl (C=O) groups is 2. The Labute approximate surface area is 274 Å². The van der Waals surface area contributed by atoms with Crippen LogP contribution in [0.2, 0.25) is 0 Å². The van der Waals surface area contributed by atoms with Crippen molar-refractivity contribution < 1.29 is 40.2 Å². The van der Waals surface area contributed by atoms with Crippen molar-refractivity contribution >= 4 is 33.4 Å². The van der Waals surface area contributed by atoms with Gasteiger partial charge in [-0.25, -0.2) is 0 Å². The highest BCUT2D eigenvalue weighted by molar-refractivity contribution is 6.15. The van der Waals surface area contributed by atoms with Crippen molar-refractivity contribution in [3.8, 4) is 45.6 Å². The Kier molecular flexibility index (Phi) is 7.93. The van der Waals surface area contributed by atoms with Crippen molar-refractivity contribution in [3.63, 3.8) is 0 Å². The zero-order valence-electron chi connectivity index (χ0n) is 26.0. The maximum absolute atomic E-state index is 14.4. The lowest BCUT2D eigenvalue weighted by Crippen LogP contribution is -2.30. The molecule has 10 heteroatoms. The summed E-state index contributed by atoms with van der Waals surface area (Å²) < 4.78 is 0. The van der Waals surface area contributed by atoms with Gasteiger partial charge in [0.05, 0.1) is 11.1 Å². The minimum absolute atomic E-state index is 0.0134. The summed E-state index contributed by atoms with van der Waals surface area (Å²) in [6.07, 6.45) is 0. The monoisotopic (exact) mass is 644 g/mol. The first kappa shape index (κ1) is 31.6. The second-order valence-electron chi connectivity index (χ2n) is 11.8. The van der Waals surface area contributed by atoms with Gasteiger partial charge in [0.15, 0.2) is 23.0 Å². The van der Waals surface area contributed by atoms with Gasteiger partial charge >= 0.3 is 0 Å². The number of fused-ring (bicyclic) bond motifs is 2. The molecule has 6 rings (SSSR count). The quantitative estimate of drug-likeness (QED) is 0.0967. The third kappa shape index (κ3) is 5.28. The van der Waals surface area contributed by atoms with E-state index in [1.165, 1.54) is 11.0 Å². The van der Waals surface area contributed by atoms with Crippen LogP contribution in [0.1, 0.15) is 43.0 Å². The second-order valence-corrected chi connectivity index (χ2v) is 11.8. The summed E-state index contributed by atoms with van der Waals surface area (Å²) in [6, 6.07) is 23.9. The molecule has 0 heterocycles. The first-order valence-electron chi connectivity index (χ1n) is 15.0. The molecule has 0 unspecified atom stereocenters. The molecular formula is C38H32N2O8. The highest BCUT2D eigenvalue weighted by Gasteiger charge is 2.29. The van der Waals surface area contributed by atoms with Crippen molar-refractivity contribution in [1.29, 1.82) is 0 Å². The summed E-state index contributed by atoms with van der Waals surface area (Å²) in [6.45, 7) is 3.63. The fraction of sp³-hybridized carbons (Fsp3) is 0.105. The molecule has 0 radical (unpaired) electrons. The summed E-state index contributed by atoms with van der Waals surface area (Å²) in [5.41, 5.74) is 7.61. The number of phenolic OH excluding ortho intramolecular Hbond substituents is 5. The van der Waals surface area contributed by atoms with Crippen molar-refractivity contribution in [2.45, 2.75) is 26.9 Å². The largest absolute Gasteiger partial charge is 0.507 e. The maximum atomic E-state index is 14.4. The zero-order chi connectivity index (χ0) is 34.4. The van der Waals surface area contributed by atoms with Crippen LogP contribution in [0.15, 0.2) is 84.9 Å². The number of aromatic hydroxyl groups is 6. The molecule has 0 saturated carbocycles. The summed E-state index contributed by atoms with van der Waals surface area (Å²) in [7, 11) is 0. The summed E-state index contributed by atoms with van der Waals surface area (Å²) >= 11 is 0. The Hall–Kier alpha value is -6.42. The molecule has 0 aliphatic heterocycles. The number of hydrogen-bond acceptors (Lipinski definition) is 8. The molecule has 0 aromatic heterocycles. The van der Waals surface area contributed by atoms with Crippen molar-refractivity contribution in [1.82, 2.24) is 4.90 Å². The van der Waals surface area contributed by atoms with Gasteiger partial charge in [-0.15, -0.1) is 0 Å². The van der Waals surface area contributed by atoms with E-state index in [1.54, 1.807) is 19.9 Å². The lowest BCUT2D eigenvalue weighted by molar-refractivity contribution is 0.0728. The number of nitrogens with two attached hydrogens (primary N) is 1. The van der Waals surface area contributed by atoms with Gasteiger partial charge in [-0.1, -0.05) is 60.7 Å². The number of nitrogens with zero attached hydrogens (tertiary/aromatic N) is 1. The molecule has 242 valence electrons. The summed E-state index contributed by atoms with van der Waals surface area (Å²) in [5, 5.41) is 66.2. The van der Waals surface area contributed by atoms with Gasteiger partial charge in [0, 0.05) is 45.8 Å². The highest BCUT2D eigenvalue weighted by Crippen LogP contribution is 2.51. The molecule has 48 heavy (non-hydrogen) atoms. The molecule has 2 amide bonds. The van der Waals surface area contributed by atoms with Crippen molar-refractivity contribution in [2.75, 3.05) is 0 Å². The Balaban J connectivity index is 1.56. The van der Waals surface area contributed by atoms with E-state index in [2.05, 4.69) is 0 Å². The topological polar surface area (TPSA) is 185 Å². The SMILES string of the molecule is Cc1cc2c(C(N)=O)c(O)c(O)cc2c(O)c1-c1c(C)cc2c(C(=O)N(Cc3ccccc3)Cc3ccccc3)c(O)c(O)cc2c1O. The molecule has 0 spiro atoms. The highest BCUT2D eigenvalue weighted by atomic mass is 16.3. The van der Waals surface area contributed by atoms with Crippen LogP contribution in [-0.2, 0) is 13.1 Å². The molecular weight excluding hydrogens is 612 g/mol. The van der Waals surface area contributed by atoms with Gasteiger partial charge in [0.25, 0.3) is 11.8 Å². The molecule has 6 aromatic rings. The van der Waals surface area contributed by atoms with E-state index in [4.69, 9.17) is 5.73 Å². The Morgan fingerprint density at radius 1 is 0.562 bits per heavy atom. The normalized spacial score (nSPS) is 11.2. The average molecular weight is 645 g/mol. The average Bonchev–Trinajstić information content (AvgIpc) is 3.05. The Morgan fingerprint density at radius 3 is 1.38 bits per heavy atom. The third-order valence-corrected chi connectivity index (χ3v) is 8.56. The molecule has 0 fully saturated rings. The minimum Gasteiger partial charge on any atom is -0.507 e. The Morgan fingerprint density at radius 2 is 0.958 bits per heavy atom. The number of aryl methyl sites for hydroxylation is 2. The van der Waals surface area contributed by atoms with Crippen LogP contribution in [0.25, 0.3) is 32.7 Å². The maximum Gasteiger partial charge on any atom is 0.259 e. The van der Waals surface area contributed by atoms with Crippen LogP contribution in [0.4, 0.5) is 0 Å². The van der Waals surface area contributed by atoms with Gasteiger partial charge in [-0.2, -0.15) is 0 Å². The molecule has 10 nitrogen and oxygen atoms in total. The molecule has 0 bridgehead atoms. The fourth-order valence-corrected chi connectivity index (χ4v) is 6.32. The smallest absolute Gasteiger partial charge is 0.259 e. The van der Waals surface area contributed by atoms with Gasteiger partial charge in [0.1, 0.15) is 11.5 Å². The van der Waals surface area contributed by atoms with Gasteiger partial charge in [-0.3, -0.25) is 9.59 Å². The summed E-state index contributed by atoms with van der Waals surface area (Å²) in [5.74, 6) is -5.13. The predicted molar refractivity (Wildman–Crippen MR) is 181 cm³/mol. The minimum atomic E-state index is -1.02. The third-order valence-electron chi connectivity index (χ3n) is 8.56. The van der Waals surface area contributed by atoms with Crippen molar-refractivity contribution in [3.05, 3.63) is 118 Å². The fourth-order valence-electron chi connectivity index (χ4n) is 6.32. The van der Waals surface area contributed by atoms with Crippen LogP contribution in [0.3, 0.4) is 0 Å². The number of amides is 2. The second kappa shape index (κ2) is 12.1. The predicted octanol–water partition coefficient (Wildman–Crippen LogP) is 6.45. The molecule has 0 saturated heterocycles. The lowest BCUT2D eigenvalue weighted by atomic mass is 9.87. The van der Waals surface area contributed by atoms with Gasteiger partial charge in [-0.05, 0) is 60.4 Å². The standard InChI is InChI=1S/C38H32N2O8/c1-19-13-23-25(15-27(41)35(45)31(23)37(39)47)33(43)29(19)30-20(2)14-24-26(34(30)44)16-28(42)36(46)32(24)38(48)40(17-21-9-5-3-6-10-21)18-22-11-7-4-8-12-22/h3-16,41-46H,17-18H2,1-2H3,(H2,39,47). The molecule has 0 atom stereocenters. The van der Waals surface area contributed by atoms with Crippen LogP contribution in [0, 0.1) is 13.8 Å². The van der Waals surface area contributed by atoms with Crippen molar-refractivity contribution in [2.24, 2.45) is 5.73 Å². The van der Waals surface area contributed by atoms with E-state index in [0.29, 0.717) is 11.1 Å². The number of phenols is 6. The van der Waals surface area contributed by atoms with E-state index in [9.17, 15) is 40.2 Å². The molecule has 8 N–H and O–H groups in total. The van der Waals surface area contributed by atoms with E-state index < -0.39 is 46.3 Å². The van der Waals surface area contributed by atoms with Crippen LogP contribution in [0.5, 0.6) is 34.5 Å². The number of hydrogen-bond donors (Lipinski definition) is 7. The first-order chi connectivity index (χ1) is 22.9. The number of rotatable bonds is 7. The first-order valence-corrected chi connectivity index (χ1v) is 15.0. The number of benzene rings is 6. The Bertz CT molecular complexity index is 2230. The van der Waals surface area contributed by atoms with E-state index in [1.807, 2.05) is 60.7 Å². The van der Waals surface area contributed by atoms with E-state index >= 15 is 0 Å². The van der Waals surface area contributed by atoms with Crippen LogP contribution in [-0.4, -0.2) is 47.4 Å².